The highest BCUT2D eigenvalue weighted by Gasteiger charge is 2.07. The highest BCUT2D eigenvalue weighted by Crippen LogP contribution is 2.15. The smallest absolute Gasteiger partial charge is 0.160 e. The Balaban J connectivity index is 0.000000704. The molecule has 3 rings (SSSR count). The molecule has 0 saturated carbocycles. The zero-order valence-corrected chi connectivity index (χ0v) is 12.2. The summed E-state index contributed by atoms with van der Waals surface area (Å²) in [6, 6.07) is 12.1. The highest BCUT2D eigenvalue weighted by atomic mass is 15.3. The average Bonchev–Trinajstić information content (AvgIpc) is 2.85. The van der Waals surface area contributed by atoms with Gasteiger partial charge < -0.3 is 5.73 Å². The van der Waals surface area contributed by atoms with Crippen LogP contribution in [0.15, 0.2) is 42.6 Å². The van der Waals surface area contributed by atoms with Gasteiger partial charge in [0.2, 0.25) is 0 Å². The molecule has 4 nitrogen and oxygen atoms in total. The van der Waals surface area contributed by atoms with Gasteiger partial charge >= 0.3 is 0 Å². The van der Waals surface area contributed by atoms with E-state index in [1.807, 2.05) is 45.0 Å². The third-order valence-electron chi connectivity index (χ3n) is 2.96. The summed E-state index contributed by atoms with van der Waals surface area (Å²) in [5.74, 6) is 0.624. The first-order valence-electron chi connectivity index (χ1n) is 6.88. The van der Waals surface area contributed by atoms with Crippen LogP contribution in [0.25, 0.3) is 5.65 Å². The zero-order valence-electron chi connectivity index (χ0n) is 12.2. The summed E-state index contributed by atoms with van der Waals surface area (Å²) in [5.41, 5.74) is 10.1. The Morgan fingerprint density at radius 1 is 1.15 bits per heavy atom. The lowest BCUT2D eigenvalue weighted by atomic mass is 10.1. The van der Waals surface area contributed by atoms with Gasteiger partial charge in [0.25, 0.3) is 0 Å². The first kappa shape index (κ1) is 14.1. The molecule has 4 heteroatoms. The van der Waals surface area contributed by atoms with Crippen LogP contribution in [0.2, 0.25) is 0 Å². The molecule has 0 aliphatic heterocycles. The number of nitrogens with zero attached hydrogens (tertiary/aromatic N) is 3. The van der Waals surface area contributed by atoms with Crippen LogP contribution < -0.4 is 5.73 Å². The Morgan fingerprint density at radius 2 is 1.85 bits per heavy atom. The van der Waals surface area contributed by atoms with Gasteiger partial charge in [-0.2, -0.15) is 9.61 Å². The van der Waals surface area contributed by atoms with Crippen molar-refractivity contribution >= 4 is 11.5 Å². The molecule has 1 aromatic carbocycles. The van der Waals surface area contributed by atoms with Crippen LogP contribution in [-0.4, -0.2) is 14.6 Å². The molecule has 3 aromatic rings. The molecule has 2 heterocycles. The van der Waals surface area contributed by atoms with E-state index in [2.05, 4.69) is 22.2 Å². The predicted molar refractivity (Wildman–Crippen MR) is 82.7 cm³/mol. The van der Waals surface area contributed by atoms with Crippen molar-refractivity contribution in [1.29, 1.82) is 0 Å². The van der Waals surface area contributed by atoms with Crippen molar-refractivity contribution in [2.45, 2.75) is 27.2 Å². The second kappa shape index (κ2) is 6.19. The Kier molecular flexibility index (Phi) is 4.35. The maximum atomic E-state index is 5.98. The average molecular weight is 268 g/mol. The van der Waals surface area contributed by atoms with Gasteiger partial charge in [-0.1, -0.05) is 44.2 Å². The summed E-state index contributed by atoms with van der Waals surface area (Å²) in [5, 5.41) is 4.20. The van der Waals surface area contributed by atoms with Crippen LogP contribution in [0.3, 0.4) is 0 Å². The number of rotatable bonds is 2. The van der Waals surface area contributed by atoms with Gasteiger partial charge in [-0.3, -0.25) is 0 Å². The third kappa shape index (κ3) is 2.79. The fourth-order valence-electron chi connectivity index (χ4n) is 2.04. The van der Waals surface area contributed by atoms with E-state index in [1.165, 1.54) is 5.56 Å². The monoisotopic (exact) mass is 268 g/mol. The van der Waals surface area contributed by atoms with E-state index in [0.717, 1.165) is 23.3 Å². The van der Waals surface area contributed by atoms with Crippen LogP contribution >= 0.6 is 0 Å². The molecule has 0 aliphatic carbocycles. The van der Waals surface area contributed by atoms with Gasteiger partial charge in [-0.05, 0) is 12.5 Å². The first-order valence-corrected chi connectivity index (χ1v) is 6.88. The fourth-order valence-corrected chi connectivity index (χ4v) is 2.04. The van der Waals surface area contributed by atoms with Crippen molar-refractivity contribution < 1.29 is 0 Å². The second-order valence-electron chi connectivity index (χ2n) is 4.40. The Hall–Kier alpha value is -2.36. The maximum Gasteiger partial charge on any atom is 0.160 e. The number of aryl methyl sites for hydroxylation is 1. The maximum absolute atomic E-state index is 5.98. The Labute approximate surface area is 119 Å². The topological polar surface area (TPSA) is 56.2 Å². The van der Waals surface area contributed by atoms with Gasteiger partial charge in [-0.15, -0.1) is 0 Å². The molecular weight excluding hydrogens is 248 g/mol. The van der Waals surface area contributed by atoms with Crippen LogP contribution in [-0.2, 0) is 6.42 Å². The minimum Gasteiger partial charge on any atom is -0.384 e. The molecule has 0 atom stereocenters. The molecule has 0 unspecified atom stereocenters. The summed E-state index contributed by atoms with van der Waals surface area (Å²) in [6.45, 7) is 5.99. The van der Waals surface area contributed by atoms with Crippen molar-refractivity contribution in [3.05, 3.63) is 59.4 Å². The number of aromatic nitrogens is 3. The van der Waals surface area contributed by atoms with Gasteiger partial charge in [0.05, 0.1) is 11.9 Å². The minimum atomic E-state index is 0.624. The zero-order chi connectivity index (χ0) is 14.5. The molecule has 0 amide bonds. The first-order chi connectivity index (χ1) is 9.74. The lowest BCUT2D eigenvalue weighted by Crippen LogP contribution is -2.03. The molecule has 2 aromatic heterocycles. The molecule has 2 N–H and O–H groups in total. The third-order valence-corrected chi connectivity index (χ3v) is 2.96. The standard InChI is InChI=1S/C14H14N4.C2H6/c1-10-9-16-18-13(15)8-12(17-14(10)18)7-11-5-3-2-4-6-11;1-2/h2-6,8-9H,7,15H2,1H3;1-2H3. The molecule has 0 aliphatic rings. The molecule has 0 spiro atoms. The summed E-state index contributed by atoms with van der Waals surface area (Å²) in [4.78, 5) is 4.61. The molecule has 0 saturated heterocycles. The van der Waals surface area contributed by atoms with E-state index >= 15 is 0 Å². The summed E-state index contributed by atoms with van der Waals surface area (Å²) >= 11 is 0. The van der Waals surface area contributed by atoms with E-state index in [1.54, 1.807) is 10.7 Å². The van der Waals surface area contributed by atoms with E-state index in [-0.39, 0.29) is 0 Å². The molecule has 0 radical (unpaired) electrons. The van der Waals surface area contributed by atoms with Gasteiger partial charge in [0.1, 0.15) is 5.82 Å². The lowest BCUT2D eigenvalue weighted by Gasteiger charge is -2.05. The van der Waals surface area contributed by atoms with E-state index in [9.17, 15) is 0 Å². The quantitative estimate of drug-likeness (QED) is 0.776. The van der Waals surface area contributed by atoms with Gasteiger partial charge in [-0.25, -0.2) is 4.98 Å². The molecule has 0 fully saturated rings. The summed E-state index contributed by atoms with van der Waals surface area (Å²) in [6.07, 6.45) is 2.57. The highest BCUT2D eigenvalue weighted by molar-refractivity contribution is 5.52. The lowest BCUT2D eigenvalue weighted by molar-refractivity contribution is 0.930. The predicted octanol–water partition coefficient (Wildman–Crippen LogP) is 3.24. The number of nitrogens with two attached hydrogens (primary N) is 1. The largest absolute Gasteiger partial charge is 0.384 e. The van der Waals surface area contributed by atoms with E-state index < -0.39 is 0 Å². The number of benzene rings is 1. The Morgan fingerprint density at radius 3 is 2.55 bits per heavy atom. The molecule has 0 bridgehead atoms. The van der Waals surface area contributed by atoms with Crippen molar-refractivity contribution in [2.75, 3.05) is 5.73 Å². The normalized spacial score (nSPS) is 10.2. The van der Waals surface area contributed by atoms with Crippen molar-refractivity contribution in [1.82, 2.24) is 14.6 Å². The van der Waals surface area contributed by atoms with Crippen LogP contribution in [0, 0.1) is 6.92 Å². The summed E-state index contributed by atoms with van der Waals surface area (Å²) < 4.78 is 1.67. The van der Waals surface area contributed by atoms with Crippen LogP contribution in [0.4, 0.5) is 5.82 Å². The summed E-state index contributed by atoms with van der Waals surface area (Å²) in [7, 11) is 0. The van der Waals surface area contributed by atoms with Gasteiger partial charge in [0, 0.05) is 18.1 Å². The Bertz CT molecular complexity index is 686. The van der Waals surface area contributed by atoms with Crippen LogP contribution in [0.5, 0.6) is 0 Å². The fraction of sp³-hybridized carbons (Fsp3) is 0.250. The molecule has 104 valence electrons. The van der Waals surface area contributed by atoms with Crippen molar-refractivity contribution in [2.24, 2.45) is 0 Å². The number of fused-ring (bicyclic) bond motifs is 1. The van der Waals surface area contributed by atoms with E-state index in [0.29, 0.717) is 5.82 Å². The van der Waals surface area contributed by atoms with Gasteiger partial charge in [0.15, 0.2) is 5.65 Å². The van der Waals surface area contributed by atoms with Crippen molar-refractivity contribution in [3.8, 4) is 0 Å². The second-order valence-corrected chi connectivity index (χ2v) is 4.40. The number of hydrogen-bond donors (Lipinski definition) is 1. The van der Waals surface area contributed by atoms with Crippen molar-refractivity contribution in [3.63, 3.8) is 0 Å². The number of hydrogen-bond acceptors (Lipinski definition) is 3. The molecular formula is C16H20N4. The number of anilines is 1. The molecule has 20 heavy (non-hydrogen) atoms. The number of nitrogen functional groups attached to an aromatic ring is 1. The SMILES string of the molecule is CC.Cc1cnn2c(N)cc(Cc3ccccc3)nc12. The van der Waals surface area contributed by atoms with Crippen LogP contribution in [0.1, 0.15) is 30.7 Å². The minimum absolute atomic E-state index is 0.624. The van der Waals surface area contributed by atoms with E-state index in [4.69, 9.17) is 5.73 Å².